The number of carbonyl (C=O) groups excluding carboxylic acids is 1. The number of carbonyl (C=O) groups is 2. The van der Waals surface area contributed by atoms with E-state index >= 15 is 0 Å². The van der Waals surface area contributed by atoms with Crippen LogP contribution in [-0.2, 0) is 0 Å². The Morgan fingerprint density at radius 3 is 2.76 bits per heavy atom. The van der Waals surface area contributed by atoms with Crippen molar-refractivity contribution in [1.29, 1.82) is 0 Å². The number of carboxylic acid groups (broad SMARTS) is 1. The molecule has 0 aliphatic heterocycles. The van der Waals surface area contributed by atoms with Crippen molar-refractivity contribution in [2.75, 3.05) is 6.61 Å². The Kier molecular flexibility index (Phi) is 6.09. The number of phenols is 1. The molecule has 0 aliphatic rings. The van der Waals surface area contributed by atoms with Crippen LogP contribution >= 0.6 is 0 Å². The quantitative estimate of drug-likeness (QED) is 0.545. The summed E-state index contributed by atoms with van der Waals surface area (Å²) in [7, 11) is 0. The molecule has 148 valence electrons. The Bertz CT molecular complexity index is 1070. The first-order valence-electron chi connectivity index (χ1n) is 8.94. The summed E-state index contributed by atoms with van der Waals surface area (Å²) in [5, 5.41) is 22.6. The highest BCUT2D eigenvalue weighted by Gasteiger charge is 2.17. The molecule has 0 radical (unpaired) electrons. The normalized spacial score (nSPS) is 10.9. The first-order chi connectivity index (χ1) is 14.0. The first kappa shape index (κ1) is 19.9. The van der Waals surface area contributed by atoms with E-state index in [0.717, 1.165) is 5.56 Å². The van der Waals surface area contributed by atoms with Crippen molar-refractivity contribution >= 4 is 17.8 Å². The molecular formula is C22H19NO6. The number of Topliss-reactive ketones (excluding diaryl/α,β-unsaturated/α-hetero) is 1. The number of rotatable bonds is 8. The molecule has 2 N–H and O–H groups in total. The fourth-order valence-electron chi connectivity index (χ4n) is 2.82. The lowest BCUT2D eigenvalue weighted by molar-refractivity contribution is 0.0686. The van der Waals surface area contributed by atoms with Crippen LogP contribution in [0.25, 0.3) is 17.2 Å². The highest BCUT2D eigenvalue weighted by molar-refractivity contribution is 6.01. The monoisotopic (exact) mass is 393 g/mol. The molecule has 29 heavy (non-hydrogen) atoms. The number of phenolic OH excluding ortho intramolecular Hbond substituents is 1. The lowest BCUT2D eigenvalue weighted by Crippen LogP contribution is -2.03. The van der Waals surface area contributed by atoms with Gasteiger partial charge in [0.2, 0.25) is 0 Å². The minimum absolute atomic E-state index is 0.103. The minimum Gasteiger partial charge on any atom is -0.507 e. The van der Waals surface area contributed by atoms with Gasteiger partial charge in [-0.05, 0) is 35.4 Å². The van der Waals surface area contributed by atoms with Crippen LogP contribution in [0.4, 0.5) is 0 Å². The maximum Gasteiger partial charge on any atom is 0.358 e. The number of ketones is 1. The van der Waals surface area contributed by atoms with Gasteiger partial charge in [-0.2, -0.15) is 0 Å². The largest absolute Gasteiger partial charge is 0.507 e. The average molecular weight is 393 g/mol. The molecule has 3 aromatic rings. The second-order valence-electron chi connectivity index (χ2n) is 6.15. The summed E-state index contributed by atoms with van der Waals surface area (Å²) < 4.78 is 10.4. The molecule has 0 saturated carbocycles. The summed E-state index contributed by atoms with van der Waals surface area (Å²) in [6, 6.07) is 11.9. The summed E-state index contributed by atoms with van der Waals surface area (Å²) in [6.07, 6.45) is 5.12. The van der Waals surface area contributed by atoms with Gasteiger partial charge in [-0.25, -0.2) is 4.79 Å². The topological polar surface area (TPSA) is 110 Å². The van der Waals surface area contributed by atoms with Crippen molar-refractivity contribution in [3.05, 3.63) is 71.6 Å². The van der Waals surface area contributed by atoms with Crippen molar-refractivity contribution in [2.45, 2.75) is 13.3 Å². The fraction of sp³-hybridized carbons (Fsp3) is 0.136. The van der Waals surface area contributed by atoms with Crippen LogP contribution in [0, 0.1) is 0 Å². The lowest BCUT2D eigenvalue weighted by atomic mass is 10.0. The molecule has 3 rings (SSSR count). The molecule has 1 aromatic heterocycles. The van der Waals surface area contributed by atoms with Gasteiger partial charge in [0.25, 0.3) is 0 Å². The second-order valence-corrected chi connectivity index (χ2v) is 6.15. The summed E-state index contributed by atoms with van der Waals surface area (Å²) >= 11 is 0. The highest BCUT2D eigenvalue weighted by atomic mass is 16.5. The van der Waals surface area contributed by atoms with E-state index in [0.29, 0.717) is 16.9 Å². The van der Waals surface area contributed by atoms with Crippen molar-refractivity contribution in [3.63, 3.8) is 0 Å². The highest BCUT2D eigenvalue weighted by Crippen LogP contribution is 2.29. The number of aromatic hydroxyl groups is 1. The number of benzene rings is 2. The summed E-state index contributed by atoms with van der Waals surface area (Å²) in [6.45, 7) is 1.90. The van der Waals surface area contributed by atoms with E-state index < -0.39 is 5.97 Å². The zero-order valence-electron chi connectivity index (χ0n) is 15.7. The van der Waals surface area contributed by atoms with Gasteiger partial charge in [-0.1, -0.05) is 42.4 Å². The van der Waals surface area contributed by atoms with Crippen molar-refractivity contribution < 1.29 is 29.1 Å². The van der Waals surface area contributed by atoms with E-state index in [1.807, 2.05) is 12.1 Å². The van der Waals surface area contributed by atoms with Gasteiger partial charge in [0, 0.05) is 6.42 Å². The SMILES string of the molecule is CCC(=O)c1c(O)cccc1OCC=Cc1cccc(-c2conc2C(=O)O)c1. The molecule has 0 fully saturated rings. The molecule has 0 bridgehead atoms. The molecule has 0 atom stereocenters. The number of nitrogens with zero attached hydrogens (tertiary/aromatic N) is 1. The van der Waals surface area contributed by atoms with Crippen molar-refractivity contribution in [2.24, 2.45) is 0 Å². The minimum atomic E-state index is -1.16. The van der Waals surface area contributed by atoms with E-state index in [2.05, 4.69) is 5.16 Å². The number of hydrogen-bond donors (Lipinski definition) is 2. The molecule has 0 saturated heterocycles. The molecule has 1 heterocycles. The first-order valence-corrected chi connectivity index (χ1v) is 8.94. The standard InChI is InChI=1S/C22H19NO6/c1-2-17(24)20-18(25)9-4-10-19(20)28-11-5-7-14-6-3-8-15(12-14)16-13-29-23-21(16)22(26)27/h3-10,12-13,25H,2,11H2,1H3,(H,26,27). The molecule has 0 spiro atoms. The molecule has 0 aliphatic carbocycles. The zero-order chi connectivity index (χ0) is 20.8. The molecule has 0 amide bonds. The van der Waals surface area contributed by atoms with Gasteiger partial charge < -0.3 is 19.5 Å². The molecular weight excluding hydrogens is 374 g/mol. The van der Waals surface area contributed by atoms with Crippen LogP contribution in [0.2, 0.25) is 0 Å². The third-order valence-corrected chi connectivity index (χ3v) is 4.22. The molecule has 0 unspecified atom stereocenters. The summed E-state index contributed by atoms with van der Waals surface area (Å²) in [4.78, 5) is 23.2. The van der Waals surface area contributed by atoms with Gasteiger partial charge in [-0.15, -0.1) is 0 Å². The number of hydrogen-bond acceptors (Lipinski definition) is 6. The molecule has 7 heteroatoms. The predicted octanol–water partition coefficient (Wildman–Crippen LogP) is 4.43. The zero-order valence-corrected chi connectivity index (χ0v) is 15.7. The average Bonchev–Trinajstić information content (AvgIpc) is 3.21. The van der Waals surface area contributed by atoms with Gasteiger partial charge >= 0.3 is 5.97 Å². The van der Waals surface area contributed by atoms with E-state index in [1.54, 1.807) is 43.3 Å². The van der Waals surface area contributed by atoms with Crippen LogP contribution in [0.1, 0.15) is 39.8 Å². The van der Waals surface area contributed by atoms with Crippen LogP contribution in [0.3, 0.4) is 0 Å². The predicted molar refractivity (Wildman–Crippen MR) is 106 cm³/mol. The number of carboxylic acids is 1. The Labute approximate surface area is 166 Å². The third kappa shape index (κ3) is 4.52. The van der Waals surface area contributed by atoms with E-state index in [9.17, 15) is 19.8 Å². The van der Waals surface area contributed by atoms with E-state index in [-0.39, 0.29) is 35.8 Å². The molecule has 2 aromatic carbocycles. The van der Waals surface area contributed by atoms with E-state index in [1.165, 1.54) is 12.3 Å². The van der Waals surface area contributed by atoms with Crippen molar-refractivity contribution in [1.82, 2.24) is 5.16 Å². The second kappa shape index (κ2) is 8.88. The van der Waals surface area contributed by atoms with Crippen LogP contribution < -0.4 is 4.74 Å². The van der Waals surface area contributed by atoms with Gasteiger partial charge in [0.15, 0.2) is 11.5 Å². The van der Waals surface area contributed by atoms with Gasteiger partial charge in [0.1, 0.15) is 29.9 Å². The van der Waals surface area contributed by atoms with Gasteiger partial charge in [-0.3, -0.25) is 4.79 Å². The Hall–Kier alpha value is -3.87. The lowest BCUT2D eigenvalue weighted by Gasteiger charge is -2.10. The fourth-order valence-corrected chi connectivity index (χ4v) is 2.82. The summed E-state index contributed by atoms with van der Waals surface area (Å²) in [5.74, 6) is -1.14. The number of ether oxygens (including phenoxy) is 1. The van der Waals surface area contributed by atoms with Crippen LogP contribution in [0.15, 0.2) is 59.3 Å². The third-order valence-electron chi connectivity index (χ3n) is 4.22. The Morgan fingerprint density at radius 2 is 2.00 bits per heavy atom. The Balaban J connectivity index is 1.73. The van der Waals surface area contributed by atoms with E-state index in [4.69, 9.17) is 9.26 Å². The summed E-state index contributed by atoms with van der Waals surface area (Å²) in [5.41, 5.74) is 1.91. The van der Waals surface area contributed by atoms with Crippen LogP contribution in [0.5, 0.6) is 11.5 Å². The van der Waals surface area contributed by atoms with Crippen molar-refractivity contribution in [3.8, 4) is 22.6 Å². The Morgan fingerprint density at radius 1 is 1.21 bits per heavy atom. The number of aromatic nitrogens is 1. The smallest absolute Gasteiger partial charge is 0.358 e. The van der Waals surface area contributed by atoms with Crippen LogP contribution in [-0.4, -0.2) is 33.7 Å². The maximum absolute atomic E-state index is 12.0. The number of aromatic carboxylic acids is 1. The van der Waals surface area contributed by atoms with Gasteiger partial charge in [0.05, 0.1) is 5.56 Å². The maximum atomic E-state index is 12.0. The molecule has 7 nitrogen and oxygen atoms in total.